The highest BCUT2D eigenvalue weighted by Gasteiger charge is 2.57. The third-order valence-corrected chi connectivity index (χ3v) is 8.17. The van der Waals surface area contributed by atoms with Crippen LogP contribution >= 0.6 is 11.8 Å². The quantitative estimate of drug-likeness (QED) is 0.168. The van der Waals surface area contributed by atoms with Gasteiger partial charge in [0.05, 0.1) is 0 Å². The summed E-state index contributed by atoms with van der Waals surface area (Å²) >= 11 is 1.07. The molecule has 0 aromatic heterocycles. The Morgan fingerprint density at radius 1 is 0.549 bits per heavy atom. The summed E-state index contributed by atoms with van der Waals surface area (Å²) in [5.41, 5.74) is 5.20. The van der Waals surface area contributed by atoms with Gasteiger partial charge in [-0.2, -0.15) is 0 Å². The van der Waals surface area contributed by atoms with Crippen molar-refractivity contribution in [2.45, 2.75) is 114 Å². The number of nitrogen functional groups attached to an aromatic ring is 1. The number of hydrogen-bond donors (Lipinski definition) is 1. The van der Waals surface area contributed by atoms with Crippen LogP contribution in [0.25, 0.3) is 0 Å². The van der Waals surface area contributed by atoms with Crippen LogP contribution in [0, 0.1) is 0 Å². The van der Waals surface area contributed by atoms with Crippen molar-refractivity contribution in [3.05, 3.63) is 24.3 Å². The second kappa shape index (κ2) is 18.7. The molecule has 0 radical (unpaired) electrons. The summed E-state index contributed by atoms with van der Waals surface area (Å²) < 4.78 is 56.8. The van der Waals surface area contributed by atoms with E-state index in [1.807, 2.05) is 0 Å². The van der Waals surface area contributed by atoms with E-state index in [0.717, 1.165) is 60.2 Å². The topological polar surface area (TPSA) is 238 Å². The van der Waals surface area contributed by atoms with Gasteiger partial charge in [0, 0.05) is 59.0 Å². The molecule has 0 spiro atoms. The molecule has 2 aliphatic rings. The van der Waals surface area contributed by atoms with Crippen LogP contribution in [0.5, 0.6) is 0 Å². The number of hydrogen-bond acceptors (Lipinski definition) is 19. The number of ether oxygens (including phenoxy) is 10. The molecule has 3 rings (SSSR count). The minimum Gasteiger partial charge on any atom is -0.463 e. The van der Waals surface area contributed by atoms with Crippen LogP contribution in [0.4, 0.5) is 5.69 Å². The monoisotopic (exact) mass is 743 g/mol. The number of rotatable bonds is 13. The fourth-order valence-corrected chi connectivity index (χ4v) is 6.35. The van der Waals surface area contributed by atoms with Crippen molar-refractivity contribution in [2.24, 2.45) is 0 Å². The predicted octanol–water partition coefficient (Wildman–Crippen LogP) is 0.981. The number of anilines is 1. The fourth-order valence-electron chi connectivity index (χ4n) is 5.25. The number of esters is 7. The van der Waals surface area contributed by atoms with Crippen molar-refractivity contribution in [3.63, 3.8) is 0 Å². The van der Waals surface area contributed by atoms with Crippen molar-refractivity contribution in [2.75, 3.05) is 18.9 Å². The zero-order valence-electron chi connectivity index (χ0n) is 28.9. The van der Waals surface area contributed by atoms with Gasteiger partial charge >= 0.3 is 41.8 Å². The summed E-state index contributed by atoms with van der Waals surface area (Å²) in [5.74, 6) is -5.70. The highest BCUT2D eigenvalue weighted by atomic mass is 32.2. The van der Waals surface area contributed by atoms with Crippen LogP contribution in [0.1, 0.15) is 48.5 Å². The van der Waals surface area contributed by atoms with Crippen molar-refractivity contribution in [3.8, 4) is 0 Å². The van der Waals surface area contributed by atoms with Crippen molar-refractivity contribution in [1.29, 1.82) is 0 Å². The Morgan fingerprint density at radius 2 is 0.961 bits per heavy atom. The van der Waals surface area contributed by atoms with Crippen molar-refractivity contribution < 1.29 is 80.9 Å². The molecule has 18 nitrogen and oxygen atoms in total. The van der Waals surface area contributed by atoms with Crippen LogP contribution in [-0.4, -0.2) is 116 Å². The second-order valence-electron chi connectivity index (χ2n) is 11.3. The number of carbonyl (C=O) groups is 7. The smallest absolute Gasteiger partial charge is 0.303 e. The molecule has 19 heteroatoms. The lowest BCUT2D eigenvalue weighted by Crippen LogP contribution is -2.66. The van der Waals surface area contributed by atoms with Crippen LogP contribution in [-0.2, 0) is 80.9 Å². The molecule has 1 aromatic rings. The lowest BCUT2D eigenvalue weighted by Gasteiger charge is -2.48. The fraction of sp³-hybridized carbons (Fsp3) is 0.594. The van der Waals surface area contributed by atoms with Crippen LogP contribution in [0.15, 0.2) is 29.2 Å². The zero-order valence-corrected chi connectivity index (χ0v) is 29.7. The van der Waals surface area contributed by atoms with Gasteiger partial charge in [-0.15, -0.1) is 0 Å². The van der Waals surface area contributed by atoms with E-state index >= 15 is 0 Å². The van der Waals surface area contributed by atoms with Gasteiger partial charge in [-0.25, -0.2) is 0 Å². The average molecular weight is 744 g/mol. The van der Waals surface area contributed by atoms with E-state index in [4.69, 9.17) is 53.1 Å². The molecule has 0 aliphatic carbocycles. The molecule has 2 fully saturated rings. The highest BCUT2D eigenvalue weighted by molar-refractivity contribution is 7.99. The Labute approximate surface area is 297 Å². The van der Waals surface area contributed by atoms with Gasteiger partial charge in [0.1, 0.15) is 37.0 Å². The molecule has 51 heavy (non-hydrogen) atoms. The largest absolute Gasteiger partial charge is 0.463 e. The average Bonchev–Trinajstić information content (AvgIpc) is 3.00. The Balaban J connectivity index is 2.16. The summed E-state index contributed by atoms with van der Waals surface area (Å²) in [4.78, 5) is 86.2. The molecule has 282 valence electrons. The number of thioether (sulfide) groups is 1. The lowest BCUT2D eigenvalue weighted by atomic mass is 9.96. The minimum absolute atomic E-state index is 0.476. The molecule has 2 N–H and O–H groups in total. The van der Waals surface area contributed by atoms with Crippen molar-refractivity contribution >= 4 is 59.2 Å². The summed E-state index contributed by atoms with van der Waals surface area (Å²) in [6.07, 6.45) is -13.6. The SMILES string of the molecule is CC(=O)OCC1O[C@@H](O[C@@H]2C(COC(C)=O)O[C@@H](Sc3ccc(N)cc3)[C@@H](OC(C)=O)[C@H]2OC(C)=O)[C@@H](OC(C)=O)[C@@H](OC(C)=O)[C@@H]1OC(C)=O. The van der Waals surface area contributed by atoms with E-state index < -0.39 is 116 Å². The molecule has 0 amide bonds. The van der Waals surface area contributed by atoms with Crippen LogP contribution in [0.3, 0.4) is 0 Å². The summed E-state index contributed by atoms with van der Waals surface area (Å²) in [7, 11) is 0. The first-order chi connectivity index (χ1) is 23.9. The van der Waals surface area contributed by atoms with E-state index in [9.17, 15) is 33.6 Å². The molecule has 2 heterocycles. The van der Waals surface area contributed by atoms with E-state index in [1.54, 1.807) is 24.3 Å². The van der Waals surface area contributed by atoms with Gasteiger partial charge < -0.3 is 53.1 Å². The molecule has 10 atom stereocenters. The van der Waals surface area contributed by atoms with E-state index in [-0.39, 0.29) is 0 Å². The maximum Gasteiger partial charge on any atom is 0.303 e. The molecule has 2 aliphatic heterocycles. The highest BCUT2D eigenvalue weighted by Crippen LogP contribution is 2.40. The Morgan fingerprint density at radius 3 is 1.43 bits per heavy atom. The van der Waals surface area contributed by atoms with E-state index in [1.165, 1.54) is 0 Å². The number of benzene rings is 1. The van der Waals surface area contributed by atoms with Gasteiger partial charge in [0.15, 0.2) is 36.8 Å². The molecular formula is C32H41NO17S. The molecule has 1 aromatic carbocycles. The first kappa shape index (κ1) is 41.0. The van der Waals surface area contributed by atoms with Crippen LogP contribution in [0.2, 0.25) is 0 Å². The number of nitrogens with two attached hydrogens (primary N) is 1. The molecule has 2 saturated heterocycles. The third kappa shape index (κ3) is 12.4. The van der Waals surface area contributed by atoms with Gasteiger partial charge in [0.25, 0.3) is 0 Å². The summed E-state index contributed by atoms with van der Waals surface area (Å²) in [6.45, 7) is 6.57. The van der Waals surface area contributed by atoms with Gasteiger partial charge in [-0.05, 0) is 24.3 Å². The maximum atomic E-state index is 12.6. The molecule has 0 bridgehead atoms. The van der Waals surface area contributed by atoms with E-state index in [0.29, 0.717) is 10.6 Å². The first-order valence-corrected chi connectivity index (χ1v) is 16.4. The lowest BCUT2D eigenvalue weighted by molar-refractivity contribution is -0.341. The minimum atomic E-state index is -1.77. The first-order valence-electron chi connectivity index (χ1n) is 15.6. The second-order valence-corrected chi connectivity index (χ2v) is 12.5. The van der Waals surface area contributed by atoms with Gasteiger partial charge in [-0.3, -0.25) is 33.6 Å². The van der Waals surface area contributed by atoms with Gasteiger partial charge in [0.2, 0.25) is 0 Å². The zero-order chi connectivity index (χ0) is 38.0. The van der Waals surface area contributed by atoms with Crippen LogP contribution < -0.4 is 5.73 Å². The summed E-state index contributed by atoms with van der Waals surface area (Å²) in [5, 5.41) is 0. The Bertz CT molecular complexity index is 1440. The maximum absolute atomic E-state index is 12.6. The van der Waals surface area contributed by atoms with Gasteiger partial charge in [-0.1, -0.05) is 11.8 Å². The number of carbonyl (C=O) groups excluding carboxylic acids is 7. The molecule has 0 saturated carbocycles. The predicted molar refractivity (Wildman–Crippen MR) is 170 cm³/mol. The third-order valence-electron chi connectivity index (χ3n) is 7.02. The Kier molecular flexibility index (Phi) is 15.0. The van der Waals surface area contributed by atoms with Crippen molar-refractivity contribution in [1.82, 2.24) is 0 Å². The molecule has 2 unspecified atom stereocenters. The standard InChI is InChI=1S/C32H41NO17S/c1-14(34)41-12-23-25(43-16(3)36)27(44-17(4)37)29(46-19(6)39)31(48-23)50-26-24(13-42-15(2)35)49-32(51-22-10-8-21(33)9-11-22)30(47-20(7)40)28(26)45-18(5)38/h8-11,23-32H,12-13,33H2,1-7H3/t23?,24?,25-,26-,27+,28+,29+,30+,31+,32+/m1/s1. The van der Waals surface area contributed by atoms with E-state index in [2.05, 4.69) is 0 Å². The Hall–Kier alpha value is -4.46. The molecular weight excluding hydrogens is 702 g/mol. The summed E-state index contributed by atoms with van der Waals surface area (Å²) in [6, 6.07) is 6.61. The normalized spacial score (nSPS) is 28.7.